The lowest BCUT2D eigenvalue weighted by Crippen LogP contribution is -2.40. The van der Waals surface area contributed by atoms with Gasteiger partial charge in [-0.3, -0.25) is 4.90 Å². The Kier molecular flexibility index (Phi) is 5.48. The van der Waals surface area contributed by atoms with E-state index in [-0.39, 0.29) is 0 Å². The van der Waals surface area contributed by atoms with Crippen molar-refractivity contribution < 1.29 is 9.47 Å². The fourth-order valence-electron chi connectivity index (χ4n) is 3.16. The van der Waals surface area contributed by atoms with Crippen molar-refractivity contribution in [2.24, 2.45) is 11.7 Å². The Labute approximate surface area is 128 Å². The number of likely N-dealkylation sites (tertiary alicyclic amines) is 1. The van der Waals surface area contributed by atoms with Crippen LogP contribution >= 0.6 is 0 Å². The molecule has 1 aliphatic heterocycles. The van der Waals surface area contributed by atoms with Gasteiger partial charge in [0, 0.05) is 12.1 Å². The number of nitrogens with two attached hydrogens (primary N) is 1. The highest BCUT2D eigenvalue weighted by atomic mass is 16.5. The van der Waals surface area contributed by atoms with Crippen LogP contribution in [0.2, 0.25) is 0 Å². The number of piperidine rings is 1. The summed E-state index contributed by atoms with van der Waals surface area (Å²) in [5.41, 5.74) is 7.29. The highest BCUT2D eigenvalue weighted by Gasteiger charge is 2.25. The van der Waals surface area contributed by atoms with Gasteiger partial charge in [0.05, 0.1) is 14.2 Å². The van der Waals surface area contributed by atoms with Gasteiger partial charge in [-0.1, -0.05) is 6.07 Å². The Morgan fingerprint density at radius 2 is 1.71 bits per heavy atom. The first-order chi connectivity index (χ1) is 10.1. The Hall–Kier alpha value is -1.26. The van der Waals surface area contributed by atoms with Crippen LogP contribution in [0.3, 0.4) is 0 Å². The minimum Gasteiger partial charge on any atom is -0.493 e. The summed E-state index contributed by atoms with van der Waals surface area (Å²) in [5, 5.41) is 0. The lowest BCUT2D eigenvalue weighted by Gasteiger charge is -2.37. The zero-order valence-electron chi connectivity index (χ0n) is 13.6. The standard InChI is InChI=1S/C17H28N2O2/c1-12(18)14-7-9-19(10-8-14)13(2)15-5-6-16(20-3)17(11-15)21-4/h5-6,11-14H,7-10,18H2,1-4H3. The normalized spacial score (nSPS) is 20.0. The molecule has 0 saturated carbocycles. The van der Waals surface area contributed by atoms with Gasteiger partial charge < -0.3 is 15.2 Å². The number of benzene rings is 1. The number of hydrogen-bond donors (Lipinski definition) is 1. The van der Waals surface area contributed by atoms with Gasteiger partial charge in [0.1, 0.15) is 0 Å². The van der Waals surface area contributed by atoms with Crippen molar-refractivity contribution in [1.29, 1.82) is 0 Å². The van der Waals surface area contributed by atoms with Crippen LogP contribution in [0.4, 0.5) is 0 Å². The monoisotopic (exact) mass is 292 g/mol. The molecule has 1 saturated heterocycles. The predicted molar refractivity (Wildman–Crippen MR) is 85.9 cm³/mol. The third kappa shape index (κ3) is 3.69. The molecule has 0 amide bonds. The molecule has 0 bridgehead atoms. The first-order valence-corrected chi connectivity index (χ1v) is 7.78. The lowest BCUT2D eigenvalue weighted by molar-refractivity contribution is 0.132. The zero-order valence-corrected chi connectivity index (χ0v) is 13.6. The lowest BCUT2D eigenvalue weighted by atomic mass is 9.89. The Balaban J connectivity index is 2.05. The largest absolute Gasteiger partial charge is 0.493 e. The SMILES string of the molecule is COc1ccc(C(C)N2CCC(C(C)N)CC2)cc1OC. The maximum Gasteiger partial charge on any atom is 0.161 e. The molecule has 2 unspecified atom stereocenters. The number of hydrogen-bond acceptors (Lipinski definition) is 4. The second-order valence-corrected chi connectivity index (χ2v) is 6.02. The van der Waals surface area contributed by atoms with E-state index in [1.807, 2.05) is 6.07 Å². The molecule has 1 aliphatic rings. The molecule has 1 aromatic carbocycles. The fraction of sp³-hybridized carbons (Fsp3) is 0.647. The van der Waals surface area contributed by atoms with E-state index in [1.165, 1.54) is 18.4 Å². The van der Waals surface area contributed by atoms with Crippen LogP contribution in [0.15, 0.2) is 18.2 Å². The number of methoxy groups -OCH3 is 2. The summed E-state index contributed by atoms with van der Waals surface area (Å²) in [4.78, 5) is 2.53. The first-order valence-electron chi connectivity index (χ1n) is 7.78. The van der Waals surface area contributed by atoms with Gasteiger partial charge in [0.15, 0.2) is 11.5 Å². The van der Waals surface area contributed by atoms with E-state index in [9.17, 15) is 0 Å². The van der Waals surface area contributed by atoms with Crippen LogP contribution < -0.4 is 15.2 Å². The third-order valence-corrected chi connectivity index (χ3v) is 4.76. The molecule has 4 nitrogen and oxygen atoms in total. The summed E-state index contributed by atoms with van der Waals surface area (Å²) in [6.45, 7) is 6.61. The smallest absolute Gasteiger partial charge is 0.161 e. The molecule has 2 N–H and O–H groups in total. The third-order valence-electron chi connectivity index (χ3n) is 4.76. The molecular formula is C17H28N2O2. The fourth-order valence-corrected chi connectivity index (χ4v) is 3.16. The molecule has 0 aromatic heterocycles. The van der Waals surface area contributed by atoms with E-state index in [2.05, 4.69) is 30.9 Å². The van der Waals surface area contributed by atoms with Crippen molar-refractivity contribution in [3.63, 3.8) is 0 Å². The van der Waals surface area contributed by atoms with E-state index < -0.39 is 0 Å². The first kappa shape index (κ1) is 16.1. The summed E-state index contributed by atoms with van der Waals surface area (Å²) >= 11 is 0. The van der Waals surface area contributed by atoms with Crippen LogP contribution in [0.1, 0.15) is 38.3 Å². The summed E-state index contributed by atoms with van der Waals surface area (Å²) in [6.07, 6.45) is 2.38. The topological polar surface area (TPSA) is 47.7 Å². The predicted octanol–water partition coefficient (Wildman–Crippen LogP) is 2.82. The highest BCUT2D eigenvalue weighted by Crippen LogP contribution is 2.33. The van der Waals surface area contributed by atoms with Gasteiger partial charge in [-0.15, -0.1) is 0 Å². The minimum atomic E-state index is 0.309. The van der Waals surface area contributed by atoms with Crippen molar-refractivity contribution in [1.82, 2.24) is 4.90 Å². The van der Waals surface area contributed by atoms with Gasteiger partial charge in [-0.05, 0) is 63.4 Å². The molecule has 4 heteroatoms. The Morgan fingerprint density at radius 3 is 2.24 bits per heavy atom. The Bertz CT molecular complexity index is 454. The quantitative estimate of drug-likeness (QED) is 0.906. The molecule has 0 aliphatic carbocycles. The van der Waals surface area contributed by atoms with E-state index in [1.54, 1.807) is 14.2 Å². The van der Waals surface area contributed by atoms with Gasteiger partial charge in [-0.2, -0.15) is 0 Å². The second-order valence-electron chi connectivity index (χ2n) is 6.02. The summed E-state index contributed by atoms with van der Waals surface area (Å²) in [5.74, 6) is 2.25. The number of rotatable bonds is 5. The van der Waals surface area contributed by atoms with E-state index in [4.69, 9.17) is 15.2 Å². The summed E-state index contributed by atoms with van der Waals surface area (Å²) < 4.78 is 10.7. The van der Waals surface area contributed by atoms with Crippen LogP contribution in [0.5, 0.6) is 11.5 Å². The average molecular weight is 292 g/mol. The molecule has 1 aromatic rings. The van der Waals surface area contributed by atoms with Crippen molar-refractivity contribution in [2.75, 3.05) is 27.3 Å². The van der Waals surface area contributed by atoms with Crippen molar-refractivity contribution in [2.45, 2.75) is 38.8 Å². The molecule has 118 valence electrons. The van der Waals surface area contributed by atoms with Gasteiger partial charge >= 0.3 is 0 Å². The molecule has 21 heavy (non-hydrogen) atoms. The molecule has 2 atom stereocenters. The van der Waals surface area contributed by atoms with E-state index in [0.29, 0.717) is 18.0 Å². The van der Waals surface area contributed by atoms with Crippen LogP contribution in [-0.4, -0.2) is 38.3 Å². The highest BCUT2D eigenvalue weighted by molar-refractivity contribution is 5.43. The van der Waals surface area contributed by atoms with Crippen LogP contribution in [0, 0.1) is 5.92 Å². The van der Waals surface area contributed by atoms with Crippen molar-refractivity contribution in [3.8, 4) is 11.5 Å². The van der Waals surface area contributed by atoms with Gasteiger partial charge in [-0.25, -0.2) is 0 Å². The molecule has 0 radical (unpaired) electrons. The summed E-state index contributed by atoms with van der Waals surface area (Å²) in [6, 6.07) is 6.90. The molecule has 2 rings (SSSR count). The second kappa shape index (κ2) is 7.14. The average Bonchev–Trinajstić information content (AvgIpc) is 2.53. The van der Waals surface area contributed by atoms with Crippen LogP contribution in [-0.2, 0) is 0 Å². The van der Waals surface area contributed by atoms with Gasteiger partial charge in [0.25, 0.3) is 0 Å². The van der Waals surface area contributed by atoms with E-state index >= 15 is 0 Å². The molecule has 0 spiro atoms. The number of ether oxygens (including phenoxy) is 2. The van der Waals surface area contributed by atoms with E-state index in [0.717, 1.165) is 24.6 Å². The van der Waals surface area contributed by atoms with Crippen LogP contribution in [0.25, 0.3) is 0 Å². The van der Waals surface area contributed by atoms with Crippen molar-refractivity contribution >= 4 is 0 Å². The maximum absolute atomic E-state index is 6.02. The Morgan fingerprint density at radius 1 is 1.10 bits per heavy atom. The maximum atomic E-state index is 6.02. The summed E-state index contributed by atoms with van der Waals surface area (Å²) in [7, 11) is 3.35. The molecule has 1 fully saturated rings. The van der Waals surface area contributed by atoms with Crippen molar-refractivity contribution in [3.05, 3.63) is 23.8 Å². The zero-order chi connectivity index (χ0) is 15.4. The van der Waals surface area contributed by atoms with Gasteiger partial charge in [0.2, 0.25) is 0 Å². The minimum absolute atomic E-state index is 0.309. The number of nitrogens with zero attached hydrogens (tertiary/aromatic N) is 1. The molecular weight excluding hydrogens is 264 g/mol. The molecule has 1 heterocycles.